The number of carboxylic acid groups (broad SMARTS) is 1. The van der Waals surface area contributed by atoms with E-state index in [4.69, 9.17) is 5.11 Å². The average Bonchev–Trinajstić information content (AvgIpc) is 2.37. The molecule has 1 aliphatic rings. The van der Waals surface area contributed by atoms with E-state index in [1.54, 1.807) is 16.7 Å². The predicted octanol–water partition coefficient (Wildman–Crippen LogP) is 1.88. The number of carbonyl (C=O) groups excluding carboxylic acids is 1. The van der Waals surface area contributed by atoms with Crippen LogP contribution in [0, 0.1) is 11.8 Å². The summed E-state index contributed by atoms with van der Waals surface area (Å²) in [4.78, 5) is 24.9. The van der Waals surface area contributed by atoms with Gasteiger partial charge < -0.3 is 15.3 Å². The van der Waals surface area contributed by atoms with Gasteiger partial charge in [0.05, 0.1) is 0 Å². The molecule has 2 unspecified atom stereocenters. The fourth-order valence-corrected chi connectivity index (χ4v) is 2.65. The van der Waals surface area contributed by atoms with E-state index < -0.39 is 12.0 Å². The maximum absolute atomic E-state index is 12.1. The van der Waals surface area contributed by atoms with Gasteiger partial charge in [0.2, 0.25) is 0 Å². The summed E-state index contributed by atoms with van der Waals surface area (Å²) in [5, 5.41) is 11.7. The number of piperidine rings is 1. The molecule has 1 heterocycles. The van der Waals surface area contributed by atoms with Gasteiger partial charge >= 0.3 is 12.0 Å². The van der Waals surface area contributed by atoms with Crippen LogP contribution in [-0.4, -0.2) is 53.1 Å². The van der Waals surface area contributed by atoms with Gasteiger partial charge in [-0.1, -0.05) is 13.8 Å². The second-order valence-corrected chi connectivity index (χ2v) is 6.30. The standard InChI is InChI=1S/C13H24N2O3S/c1-9-4-6-15(8-10(9)2)13(18)14-11(12(16)17)5-7-19-3/h9-11H,4-8H2,1-3H3,(H,14,18)(H,16,17)/t9?,10?,11-/m0/s1. The summed E-state index contributed by atoms with van der Waals surface area (Å²) in [6.45, 7) is 5.75. The normalized spacial score (nSPS) is 24.9. The highest BCUT2D eigenvalue weighted by atomic mass is 32.2. The van der Waals surface area contributed by atoms with Crippen LogP contribution < -0.4 is 5.32 Å². The van der Waals surface area contributed by atoms with Crippen LogP contribution in [0.2, 0.25) is 0 Å². The Morgan fingerprint density at radius 3 is 2.63 bits per heavy atom. The van der Waals surface area contributed by atoms with Crippen LogP contribution in [0.5, 0.6) is 0 Å². The highest BCUT2D eigenvalue weighted by Gasteiger charge is 2.28. The maximum Gasteiger partial charge on any atom is 0.326 e. The number of nitrogens with one attached hydrogen (secondary N) is 1. The molecule has 1 fully saturated rings. The average molecular weight is 288 g/mol. The quantitative estimate of drug-likeness (QED) is 0.810. The van der Waals surface area contributed by atoms with Crippen molar-refractivity contribution >= 4 is 23.8 Å². The first kappa shape index (κ1) is 16.1. The minimum atomic E-state index is -0.958. The number of aliphatic carboxylic acids is 1. The number of hydrogen-bond acceptors (Lipinski definition) is 3. The van der Waals surface area contributed by atoms with Gasteiger partial charge in [-0.15, -0.1) is 0 Å². The smallest absolute Gasteiger partial charge is 0.326 e. The largest absolute Gasteiger partial charge is 0.480 e. The van der Waals surface area contributed by atoms with Crippen molar-refractivity contribution in [2.24, 2.45) is 11.8 Å². The molecule has 19 heavy (non-hydrogen) atoms. The van der Waals surface area contributed by atoms with Crippen LogP contribution in [0.3, 0.4) is 0 Å². The summed E-state index contributed by atoms with van der Waals surface area (Å²) in [5.74, 6) is 0.857. The number of likely N-dealkylation sites (tertiary alicyclic amines) is 1. The van der Waals surface area contributed by atoms with Crippen molar-refractivity contribution in [3.05, 3.63) is 0 Å². The molecule has 2 amide bonds. The number of hydrogen-bond donors (Lipinski definition) is 2. The second-order valence-electron chi connectivity index (χ2n) is 5.31. The summed E-state index contributed by atoms with van der Waals surface area (Å²) in [7, 11) is 0. The van der Waals surface area contributed by atoms with Crippen molar-refractivity contribution < 1.29 is 14.7 Å². The lowest BCUT2D eigenvalue weighted by atomic mass is 9.89. The topological polar surface area (TPSA) is 69.6 Å². The van der Waals surface area contributed by atoms with Crippen molar-refractivity contribution in [1.29, 1.82) is 0 Å². The van der Waals surface area contributed by atoms with Gasteiger partial charge in [0.25, 0.3) is 0 Å². The van der Waals surface area contributed by atoms with Crippen molar-refractivity contribution in [2.45, 2.75) is 32.7 Å². The molecule has 0 aromatic carbocycles. The molecule has 0 saturated carbocycles. The first-order valence-corrected chi connectivity index (χ1v) is 8.12. The van der Waals surface area contributed by atoms with Crippen LogP contribution in [0.1, 0.15) is 26.7 Å². The minimum absolute atomic E-state index is 0.243. The van der Waals surface area contributed by atoms with Gasteiger partial charge in [-0.05, 0) is 36.7 Å². The monoisotopic (exact) mass is 288 g/mol. The number of thioether (sulfide) groups is 1. The minimum Gasteiger partial charge on any atom is -0.480 e. The Morgan fingerprint density at radius 1 is 1.42 bits per heavy atom. The number of rotatable bonds is 5. The molecule has 110 valence electrons. The van der Waals surface area contributed by atoms with Crippen LogP contribution in [0.4, 0.5) is 4.79 Å². The number of carboxylic acids is 1. The molecule has 0 bridgehead atoms. The zero-order valence-corrected chi connectivity index (χ0v) is 12.7. The third-order valence-electron chi connectivity index (χ3n) is 3.83. The van der Waals surface area contributed by atoms with E-state index in [9.17, 15) is 9.59 Å². The summed E-state index contributed by atoms with van der Waals surface area (Å²) in [6, 6.07) is -1.03. The maximum atomic E-state index is 12.1. The van der Waals surface area contributed by atoms with Crippen molar-refractivity contribution in [3.63, 3.8) is 0 Å². The fourth-order valence-electron chi connectivity index (χ4n) is 2.18. The molecule has 0 aromatic rings. The SMILES string of the molecule is CSCC[C@H](NC(=O)N1CCC(C)C(C)C1)C(=O)O. The zero-order chi connectivity index (χ0) is 14.4. The Bertz CT molecular complexity index is 325. The molecule has 6 heteroatoms. The first-order valence-electron chi connectivity index (χ1n) is 6.72. The molecule has 1 rings (SSSR count). The Hall–Kier alpha value is -0.910. The predicted molar refractivity (Wildman–Crippen MR) is 77.5 cm³/mol. The van der Waals surface area contributed by atoms with Gasteiger partial charge in [-0.25, -0.2) is 9.59 Å². The van der Waals surface area contributed by atoms with Crippen LogP contribution in [0.15, 0.2) is 0 Å². The van der Waals surface area contributed by atoms with Crippen LogP contribution in [0.25, 0.3) is 0 Å². The molecule has 5 nitrogen and oxygen atoms in total. The molecule has 2 N–H and O–H groups in total. The summed E-state index contributed by atoms with van der Waals surface area (Å²) in [6.07, 6.45) is 3.37. The van der Waals surface area contributed by atoms with Crippen LogP contribution >= 0.6 is 11.8 Å². The van der Waals surface area contributed by atoms with Gasteiger partial charge in [0.15, 0.2) is 0 Å². The van der Waals surface area contributed by atoms with E-state index in [0.29, 0.717) is 31.3 Å². The number of urea groups is 1. The molecule has 1 aliphatic heterocycles. The van der Waals surface area contributed by atoms with E-state index in [0.717, 1.165) is 12.2 Å². The van der Waals surface area contributed by atoms with Gasteiger partial charge in [-0.3, -0.25) is 0 Å². The molecule has 3 atom stereocenters. The lowest BCUT2D eigenvalue weighted by Gasteiger charge is -2.35. The molecule has 0 spiro atoms. The number of nitrogens with zero attached hydrogens (tertiary/aromatic N) is 1. The number of amides is 2. The highest BCUT2D eigenvalue weighted by Crippen LogP contribution is 2.22. The van der Waals surface area contributed by atoms with E-state index in [1.165, 1.54) is 0 Å². The van der Waals surface area contributed by atoms with Crippen molar-refractivity contribution in [1.82, 2.24) is 10.2 Å². The third-order valence-corrected chi connectivity index (χ3v) is 4.47. The molecule has 0 aromatic heterocycles. The molecule has 0 aliphatic carbocycles. The van der Waals surface area contributed by atoms with Crippen molar-refractivity contribution in [3.8, 4) is 0 Å². The van der Waals surface area contributed by atoms with E-state index in [-0.39, 0.29) is 6.03 Å². The third kappa shape index (κ3) is 4.93. The van der Waals surface area contributed by atoms with Crippen molar-refractivity contribution in [2.75, 3.05) is 25.1 Å². The molecular formula is C13H24N2O3S. The lowest BCUT2D eigenvalue weighted by molar-refractivity contribution is -0.139. The summed E-state index contributed by atoms with van der Waals surface area (Å²) >= 11 is 1.58. The Labute approximate surface area is 119 Å². The molecule has 0 radical (unpaired) electrons. The van der Waals surface area contributed by atoms with Gasteiger partial charge in [-0.2, -0.15) is 11.8 Å². The van der Waals surface area contributed by atoms with Gasteiger partial charge in [0, 0.05) is 13.1 Å². The van der Waals surface area contributed by atoms with E-state index in [2.05, 4.69) is 19.2 Å². The Balaban J connectivity index is 2.50. The zero-order valence-electron chi connectivity index (χ0n) is 11.9. The van der Waals surface area contributed by atoms with E-state index >= 15 is 0 Å². The molecule has 1 saturated heterocycles. The fraction of sp³-hybridized carbons (Fsp3) is 0.846. The Kier molecular flexibility index (Phi) is 6.48. The van der Waals surface area contributed by atoms with Crippen LogP contribution in [-0.2, 0) is 4.79 Å². The summed E-state index contributed by atoms with van der Waals surface area (Å²) in [5.41, 5.74) is 0. The Morgan fingerprint density at radius 2 is 2.11 bits per heavy atom. The van der Waals surface area contributed by atoms with Gasteiger partial charge in [0.1, 0.15) is 6.04 Å². The number of carbonyl (C=O) groups is 2. The first-order chi connectivity index (χ1) is 8.95. The molecular weight excluding hydrogens is 264 g/mol. The van der Waals surface area contributed by atoms with E-state index in [1.807, 2.05) is 6.26 Å². The second kappa shape index (κ2) is 7.62. The summed E-state index contributed by atoms with van der Waals surface area (Å²) < 4.78 is 0. The lowest BCUT2D eigenvalue weighted by Crippen LogP contribution is -2.51. The highest BCUT2D eigenvalue weighted by molar-refractivity contribution is 7.98.